The maximum atomic E-state index is 12.1. The summed E-state index contributed by atoms with van der Waals surface area (Å²) in [7, 11) is 0. The van der Waals surface area contributed by atoms with E-state index in [1.807, 2.05) is 23.1 Å². The quantitative estimate of drug-likeness (QED) is 0.607. The van der Waals surface area contributed by atoms with E-state index in [0.29, 0.717) is 5.92 Å². The first-order valence-corrected chi connectivity index (χ1v) is 12.0. The standard InChI is InChI=1S/C22H26N2OS2/c25-21(14-6-7-14)24-16-8-11-18(19(12-16)26-17-9-10-17)20-13-23-22(27-20)15-4-2-1-3-5-15/h8,11-15,17H,1-7,9-10H2,(H,24,25). The number of rotatable bonds is 6. The molecule has 1 amide bonds. The number of nitrogens with zero attached hydrogens (tertiary/aromatic N) is 1. The molecular formula is C22H26N2OS2. The average molecular weight is 399 g/mol. The smallest absolute Gasteiger partial charge is 0.227 e. The summed E-state index contributed by atoms with van der Waals surface area (Å²) in [6, 6.07) is 6.43. The zero-order valence-electron chi connectivity index (χ0n) is 15.6. The Morgan fingerprint density at radius 3 is 2.63 bits per heavy atom. The number of aromatic nitrogens is 1. The molecule has 5 rings (SSSR count). The highest BCUT2D eigenvalue weighted by molar-refractivity contribution is 8.00. The fourth-order valence-corrected chi connectivity index (χ4v) is 6.23. The largest absolute Gasteiger partial charge is 0.326 e. The number of anilines is 1. The summed E-state index contributed by atoms with van der Waals surface area (Å²) in [6.07, 6.45) is 13.4. The number of thioether (sulfide) groups is 1. The summed E-state index contributed by atoms with van der Waals surface area (Å²) in [5, 5.41) is 5.17. The number of thiazole rings is 1. The van der Waals surface area contributed by atoms with Gasteiger partial charge in [0.05, 0.1) is 9.88 Å². The second kappa shape index (κ2) is 7.59. The molecule has 142 valence electrons. The monoisotopic (exact) mass is 398 g/mol. The van der Waals surface area contributed by atoms with Gasteiger partial charge in [-0.3, -0.25) is 4.79 Å². The van der Waals surface area contributed by atoms with Crippen LogP contribution in [-0.4, -0.2) is 16.1 Å². The third-order valence-electron chi connectivity index (χ3n) is 5.76. The number of amides is 1. The van der Waals surface area contributed by atoms with Crippen molar-refractivity contribution in [1.29, 1.82) is 0 Å². The molecule has 5 heteroatoms. The summed E-state index contributed by atoms with van der Waals surface area (Å²) in [5.41, 5.74) is 2.23. The van der Waals surface area contributed by atoms with Gasteiger partial charge in [-0.1, -0.05) is 25.3 Å². The SMILES string of the molecule is O=C(Nc1ccc(-c2cnc(C3CCCCC3)s2)c(SC2CC2)c1)C1CC1. The van der Waals surface area contributed by atoms with Crippen LogP contribution in [0, 0.1) is 5.92 Å². The van der Waals surface area contributed by atoms with Gasteiger partial charge in [-0.25, -0.2) is 4.98 Å². The van der Waals surface area contributed by atoms with Gasteiger partial charge in [0.1, 0.15) is 0 Å². The van der Waals surface area contributed by atoms with Crippen LogP contribution in [0.3, 0.4) is 0 Å². The summed E-state index contributed by atoms with van der Waals surface area (Å²) in [4.78, 5) is 19.5. The lowest BCUT2D eigenvalue weighted by atomic mass is 9.90. The predicted octanol–water partition coefficient (Wildman–Crippen LogP) is 6.46. The number of carbonyl (C=O) groups is 1. The Morgan fingerprint density at radius 1 is 1.07 bits per heavy atom. The van der Waals surface area contributed by atoms with Crippen molar-refractivity contribution in [2.24, 2.45) is 5.92 Å². The Labute approximate surface area is 169 Å². The van der Waals surface area contributed by atoms with Crippen LogP contribution in [0.15, 0.2) is 29.3 Å². The Hall–Kier alpha value is -1.33. The minimum Gasteiger partial charge on any atom is -0.326 e. The topological polar surface area (TPSA) is 42.0 Å². The molecule has 0 aliphatic heterocycles. The molecule has 3 aliphatic carbocycles. The number of benzene rings is 1. The number of hydrogen-bond donors (Lipinski definition) is 1. The van der Waals surface area contributed by atoms with Crippen molar-refractivity contribution >= 4 is 34.7 Å². The molecule has 0 atom stereocenters. The number of carbonyl (C=O) groups excluding carboxylic acids is 1. The van der Waals surface area contributed by atoms with Crippen LogP contribution in [0.25, 0.3) is 10.4 Å². The molecular weight excluding hydrogens is 372 g/mol. The van der Waals surface area contributed by atoms with Gasteiger partial charge < -0.3 is 5.32 Å². The highest BCUT2D eigenvalue weighted by Crippen LogP contribution is 2.46. The molecule has 27 heavy (non-hydrogen) atoms. The van der Waals surface area contributed by atoms with Crippen LogP contribution >= 0.6 is 23.1 Å². The summed E-state index contributed by atoms with van der Waals surface area (Å²) >= 11 is 3.85. The third-order valence-corrected chi connectivity index (χ3v) is 8.35. The van der Waals surface area contributed by atoms with Crippen LogP contribution in [0.4, 0.5) is 5.69 Å². The van der Waals surface area contributed by atoms with E-state index in [-0.39, 0.29) is 11.8 Å². The van der Waals surface area contributed by atoms with Gasteiger partial charge in [-0.05, 0) is 50.7 Å². The van der Waals surface area contributed by atoms with Crippen LogP contribution in [-0.2, 0) is 4.79 Å². The maximum absolute atomic E-state index is 12.1. The lowest BCUT2D eigenvalue weighted by Crippen LogP contribution is -2.13. The van der Waals surface area contributed by atoms with E-state index in [4.69, 9.17) is 4.98 Å². The molecule has 0 radical (unpaired) electrons. The van der Waals surface area contributed by atoms with E-state index in [1.54, 1.807) is 0 Å². The van der Waals surface area contributed by atoms with Crippen molar-refractivity contribution in [3.63, 3.8) is 0 Å². The molecule has 0 saturated heterocycles. The van der Waals surface area contributed by atoms with Gasteiger partial charge in [0.15, 0.2) is 0 Å². The second-order valence-corrected chi connectivity index (χ2v) is 10.6. The molecule has 2 aromatic rings. The molecule has 1 N–H and O–H groups in total. The van der Waals surface area contributed by atoms with Crippen LogP contribution in [0.2, 0.25) is 0 Å². The second-order valence-electron chi connectivity index (χ2n) is 8.19. The molecule has 0 spiro atoms. The molecule has 3 saturated carbocycles. The lowest BCUT2D eigenvalue weighted by Gasteiger charge is -2.18. The van der Waals surface area contributed by atoms with Gasteiger partial charge in [-0.2, -0.15) is 0 Å². The maximum Gasteiger partial charge on any atom is 0.227 e. The highest BCUT2D eigenvalue weighted by Gasteiger charge is 2.30. The molecule has 3 aliphatic rings. The van der Waals surface area contributed by atoms with E-state index in [9.17, 15) is 4.79 Å². The zero-order chi connectivity index (χ0) is 18.2. The molecule has 3 fully saturated rings. The van der Waals surface area contributed by atoms with E-state index in [2.05, 4.69) is 29.7 Å². The normalized spacial score (nSPS) is 20.6. The molecule has 0 unspecified atom stereocenters. The van der Waals surface area contributed by atoms with E-state index in [1.165, 1.54) is 65.3 Å². The Kier molecular flexibility index (Phi) is 4.99. The number of nitrogens with one attached hydrogen (secondary N) is 1. The number of hydrogen-bond acceptors (Lipinski definition) is 4. The Bertz CT molecular complexity index is 833. The van der Waals surface area contributed by atoms with Crippen LogP contribution in [0.5, 0.6) is 0 Å². The van der Waals surface area contributed by atoms with Gasteiger partial charge in [0, 0.05) is 39.4 Å². The van der Waals surface area contributed by atoms with E-state index >= 15 is 0 Å². The minimum absolute atomic E-state index is 0.183. The predicted molar refractivity (Wildman–Crippen MR) is 114 cm³/mol. The zero-order valence-corrected chi connectivity index (χ0v) is 17.2. The van der Waals surface area contributed by atoms with Crippen molar-refractivity contribution in [3.05, 3.63) is 29.4 Å². The van der Waals surface area contributed by atoms with Crippen molar-refractivity contribution in [3.8, 4) is 10.4 Å². The summed E-state index contributed by atoms with van der Waals surface area (Å²) < 4.78 is 0. The van der Waals surface area contributed by atoms with Gasteiger partial charge >= 0.3 is 0 Å². The van der Waals surface area contributed by atoms with Crippen molar-refractivity contribution in [2.75, 3.05) is 5.32 Å². The van der Waals surface area contributed by atoms with E-state index < -0.39 is 0 Å². The van der Waals surface area contributed by atoms with Crippen molar-refractivity contribution < 1.29 is 4.79 Å². The van der Waals surface area contributed by atoms with Crippen LogP contribution < -0.4 is 5.32 Å². The lowest BCUT2D eigenvalue weighted by molar-refractivity contribution is -0.117. The molecule has 0 bridgehead atoms. The molecule has 1 aromatic heterocycles. The first-order valence-electron chi connectivity index (χ1n) is 10.3. The molecule has 1 aromatic carbocycles. The van der Waals surface area contributed by atoms with Gasteiger partial charge in [-0.15, -0.1) is 23.1 Å². The first-order chi connectivity index (χ1) is 13.3. The van der Waals surface area contributed by atoms with Gasteiger partial charge in [0.25, 0.3) is 0 Å². The highest BCUT2D eigenvalue weighted by atomic mass is 32.2. The summed E-state index contributed by atoms with van der Waals surface area (Å²) in [6.45, 7) is 0. The molecule has 3 nitrogen and oxygen atoms in total. The Morgan fingerprint density at radius 2 is 1.89 bits per heavy atom. The average Bonchev–Trinajstić information content (AvgIpc) is 3.62. The van der Waals surface area contributed by atoms with Crippen LogP contribution in [0.1, 0.15) is 68.7 Å². The fraction of sp³-hybridized carbons (Fsp3) is 0.545. The Balaban J connectivity index is 1.40. The fourth-order valence-electron chi connectivity index (χ4n) is 3.81. The summed E-state index contributed by atoms with van der Waals surface area (Å²) in [5.74, 6) is 1.08. The van der Waals surface area contributed by atoms with Gasteiger partial charge in [0.2, 0.25) is 5.91 Å². The molecule has 1 heterocycles. The minimum atomic E-state index is 0.183. The van der Waals surface area contributed by atoms with E-state index in [0.717, 1.165) is 23.8 Å². The van der Waals surface area contributed by atoms with Crippen molar-refractivity contribution in [1.82, 2.24) is 4.98 Å². The third kappa shape index (κ3) is 4.24. The van der Waals surface area contributed by atoms with Crippen molar-refractivity contribution in [2.45, 2.75) is 73.9 Å². The first kappa shape index (κ1) is 17.7.